The van der Waals surface area contributed by atoms with E-state index >= 15 is 0 Å². The Hall–Kier alpha value is -3.42. The second-order valence-electron chi connectivity index (χ2n) is 8.89. The highest BCUT2D eigenvalue weighted by atomic mass is 16.6. The van der Waals surface area contributed by atoms with Crippen LogP contribution in [0.5, 0.6) is 0 Å². The molecule has 2 atom stereocenters. The lowest BCUT2D eigenvalue weighted by atomic mass is 9.83. The number of rotatable bonds is 3. The summed E-state index contributed by atoms with van der Waals surface area (Å²) in [6.07, 6.45) is 2.83. The van der Waals surface area contributed by atoms with Gasteiger partial charge in [0, 0.05) is 60.5 Å². The number of likely N-dealkylation sites (tertiary alicyclic amines) is 1. The van der Waals surface area contributed by atoms with Gasteiger partial charge in [-0.25, -0.2) is 0 Å². The van der Waals surface area contributed by atoms with Crippen molar-refractivity contribution in [3.63, 3.8) is 0 Å². The summed E-state index contributed by atoms with van der Waals surface area (Å²) in [5.41, 5.74) is 1.59. The Labute approximate surface area is 178 Å². The molecule has 0 saturated carbocycles. The minimum atomic E-state index is -0.625. The SMILES string of the molecule is CC(C)n1cc(C(=O)N2CC3C[C@@H](C2)Cn2c3ccc([N+](=O)[O-])c2=O)c2ccccc21. The van der Waals surface area contributed by atoms with Crippen LogP contribution in [0.25, 0.3) is 10.9 Å². The quantitative estimate of drug-likeness (QED) is 0.479. The molecule has 2 aromatic heterocycles. The molecular formula is C23H24N4O4. The summed E-state index contributed by atoms with van der Waals surface area (Å²) in [5, 5.41) is 12.1. The molecule has 3 aromatic rings. The minimum Gasteiger partial charge on any atom is -0.344 e. The van der Waals surface area contributed by atoms with E-state index < -0.39 is 16.2 Å². The van der Waals surface area contributed by atoms with Gasteiger partial charge in [0.1, 0.15) is 0 Å². The molecule has 4 heterocycles. The van der Waals surface area contributed by atoms with Crippen LogP contribution in [0.15, 0.2) is 47.4 Å². The first-order valence-electron chi connectivity index (χ1n) is 10.6. The average molecular weight is 420 g/mol. The molecule has 8 nitrogen and oxygen atoms in total. The second kappa shape index (κ2) is 7.08. The van der Waals surface area contributed by atoms with Crippen molar-refractivity contribution in [2.24, 2.45) is 5.92 Å². The number of aromatic nitrogens is 2. The van der Waals surface area contributed by atoms with Crippen molar-refractivity contribution in [3.8, 4) is 0 Å². The predicted octanol–water partition coefficient (Wildman–Crippen LogP) is 3.55. The Morgan fingerprint density at radius 1 is 1.13 bits per heavy atom. The highest BCUT2D eigenvalue weighted by Crippen LogP contribution is 2.37. The van der Waals surface area contributed by atoms with Gasteiger partial charge in [0.05, 0.1) is 10.5 Å². The molecule has 0 spiro atoms. The van der Waals surface area contributed by atoms with Gasteiger partial charge in [-0.15, -0.1) is 0 Å². The summed E-state index contributed by atoms with van der Waals surface area (Å²) < 4.78 is 3.67. The molecule has 5 rings (SSSR count). The van der Waals surface area contributed by atoms with Crippen LogP contribution >= 0.6 is 0 Å². The molecule has 0 aliphatic carbocycles. The molecule has 160 valence electrons. The third-order valence-electron chi connectivity index (χ3n) is 6.60. The number of pyridine rings is 1. The Kier molecular flexibility index (Phi) is 4.46. The number of para-hydroxylation sites is 1. The van der Waals surface area contributed by atoms with Crippen LogP contribution in [0.4, 0.5) is 5.69 Å². The number of nitrogens with zero attached hydrogens (tertiary/aromatic N) is 4. The number of fused-ring (bicyclic) bond motifs is 5. The Morgan fingerprint density at radius 3 is 2.65 bits per heavy atom. The van der Waals surface area contributed by atoms with Crippen LogP contribution in [0.1, 0.15) is 48.3 Å². The van der Waals surface area contributed by atoms with E-state index in [0.29, 0.717) is 25.2 Å². The summed E-state index contributed by atoms with van der Waals surface area (Å²) >= 11 is 0. The molecule has 1 unspecified atom stereocenters. The van der Waals surface area contributed by atoms with Crippen molar-refractivity contribution >= 4 is 22.5 Å². The number of hydrogen-bond acceptors (Lipinski definition) is 4. The van der Waals surface area contributed by atoms with Crippen LogP contribution < -0.4 is 5.56 Å². The average Bonchev–Trinajstić information content (AvgIpc) is 3.13. The van der Waals surface area contributed by atoms with Crippen molar-refractivity contribution < 1.29 is 9.72 Å². The number of carbonyl (C=O) groups excluding carboxylic acids is 1. The van der Waals surface area contributed by atoms with Crippen LogP contribution in [-0.4, -0.2) is 38.0 Å². The lowest BCUT2D eigenvalue weighted by Crippen LogP contribution is -2.49. The maximum atomic E-state index is 13.6. The highest BCUT2D eigenvalue weighted by Gasteiger charge is 2.38. The van der Waals surface area contributed by atoms with Crippen LogP contribution in [0, 0.1) is 16.0 Å². The summed E-state index contributed by atoms with van der Waals surface area (Å²) in [7, 11) is 0. The van der Waals surface area contributed by atoms with E-state index in [0.717, 1.165) is 23.0 Å². The Balaban J connectivity index is 1.50. The fourth-order valence-corrected chi connectivity index (χ4v) is 5.21. The molecule has 2 aliphatic heterocycles. The van der Waals surface area contributed by atoms with Crippen LogP contribution in [-0.2, 0) is 6.54 Å². The monoisotopic (exact) mass is 420 g/mol. The van der Waals surface area contributed by atoms with Crippen molar-refractivity contribution in [2.45, 2.75) is 38.8 Å². The van der Waals surface area contributed by atoms with Gasteiger partial charge in [-0.05, 0) is 38.3 Å². The molecule has 1 amide bonds. The van der Waals surface area contributed by atoms with Crippen molar-refractivity contribution in [1.29, 1.82) is 0 Å². The third kappa shape index (κ3) is 3.05. The summed E-state index contributed by atoms with van der Waals surface area (Å²) in [6, 6.07) is 11.2. The summed E-state index contributed by atoms with van der Waals surface area (Å²) in [4.78, 5) is 38.5. The van der Waals surface area contributed by atoms with E-state index in [1.807, 2.05) is 35.4 Å². The van der Waals surface area contributed by atoms with Gasteiger partial charge < -0.3 is 14.0 Å². The highest BCUT2D eigenvalue weighted by molar-refractivity contribution is 6.07. The normalized spacial score (nSPS) is 20.2. The lowest BCUT2D eigenvalue weighted by molar-refractivity contribution is -0.386. The zero-order valence-corrected chi connectivity index (χ0v) is 17.5. The number of piperidine rings is 1. The predicted molar refractivity (Wildman–Crippen MR) is 116 cm³/mol. The molecule has 2 bridgehead atoms. The number of nitro groups is 1. The molecule has 31 heavy (non-hydrogen) atoms. The van der Waals surface area contributed by atoms with Gasteiger partial charge in [0.2, 0.25) is 0 Å². The van der Waals surface area contributed by atoms with Gasteiger partial charge in [-0.3, -0.25) is 19.7 Å². The summed E-state index contributed by atoms with van der Waals surface area (Å²) in [6.45, 7) is 5.66. The van der Waals surface area contributed by atoms with E-state index in [-0.39, 0.29) is 23.8 Å². The number of carbonyl (C=O) groups is 1. The van der Waals surface area contributed by atoms with Crippen molar-refractivity contribution in [3.05, 3.63) is 74.3 Å². The van der Waals surface area contributed by atoms with Crippen molar-refractivity contribution in [2.75, 3.05) is 13.1 Å². The fraction of sp³-hybridized carbons (Fsp3) is 0.391. The first-order valence-corrected chi connectivity index (χ1v) is 10.6. The third-order valence-corrected chi connectivity index (χ3v) is 6.60. The first kappa shape index (κ1) is 19.5. The van der Waals surface area contributed by atoms with Gasteiger partial charge >= 0.3 is 11.2 Å². The van der Waals surface area contributed by atoms with E-state index in [1.165, 1.54) is 6.07 Å². The number of benzene rings is 1. The molecule has 1 aromatic carbocycles. The van der Waals surface area contributed by atoms with Crippen LogP contribution in [0.2, 0.25) is 0 Å². The fourth-order valence-electron chi connectivity index (χ4n) is 5.21. The van der Waals surface area contributed by atoms with Crippen LogP contribution in [0.3, 0.4) is 0 Å². The molecule has 8 heteroatoms. The maximum absolute atomic E-state index is 13.6. The summed E-state index contributed by atoms with van der Waals surface area (Å²) in [5.74, 6) is 0.111. The van der Waals surface area contributed by atoms with E-state index in [2.05, 4.69) is 18.4 Å². The molecule has 0 radical (unpaired) electrons. The van der Waals surface area contributed by atoms with Gasteiger partial charge in [0.25, 0.3) is 5.91 Å². The van der Waals surface area contributed by atoms with E-state index in [4.69, 9.17) is 0 Å². The second-order valence-corrected chi connectivity index (χ2v) is 8.89. The van der Waals surface area contributed by atoms with Gasteiger partial charge in [-0.2, -0.15) is 0 Å². The zero-order chi connectivity index (χ0) is 21.9. The smallest absolute Gasteiger partial charge is 0.334 e. The van der Waals surface area contributed by atoms with E-state index in [1.54, 1.807) is 10.6 Å². The van der Waals surface area contributed by atoms with Gasteiger partial charge in [-0.1, -0.05) is 18.2 Å². The van der Waals surface area contributed by atoms with Gasteiger partial charge in [0.15, 0.2) is 0 Å². The Bertz CT molecular complexity index is 1270. The largest absolute Gasteiger partial charge is 0.344 e. The lowest BCUT2D eigenvalue weighted by Gasteiger charge is -2.42. The zero-order valence-electron chi connectivity index (χ0n) is 17.5. The Morgan fingerprint density at radius 2 is 1.90 bits per heavy atom. The molecule has 1 saturated heterocycles. The molecule has 0 N–H and O–H groups in total. The number of amides is 1. The molecule has 1 fully saturated rings. The standard InChI is InChI=1S/C23H24N4O4/c1-14(2)25-13-18(17-5-3-4-6-20(17)25)22(28)24-10-15-9-16(12-24)19-7-8-21(27(30)31)23(29)26(19)11-15/h3-8,13-16H,9-12H2,1-2H3/t15-,16?/m0/s1. The van der Waals surface area contributed by atoms with Crippen molar-refractivity contribution in [1.82, 2.24) is 14.0 Å². The maximum Gasteiger partial charge on any atom is 0.334 e. The minimum absolute atomic E-state index is 0.00279. The first-order chi connectivity index (χ1) is 14.8. The molecule has 2 aliphatic rings. The topological polar surface area (TPSA) is 90.4 Å². The van der Waals surface area contributed by atoms with E-state index in [9.17, 15) is 19.7 Å². The number of hydrogen-bond donors (Lipinski definition) is 0. The molecular weight excluding hydrogens is 396 g/mol.